The van der Waals surface area contributed by atoms with E-state index in [1.165, 1.54) is 6.33 Å². The Kier molecular flexibility index (Phi) is 3.66. The lowest BCUT2D eigenvalue weighted by atomic mass is 10.2. The lowest BCUT2D eigenvalue weighted by Gasteiger charge is -2.20. The van der Waals surface area contributed by atoms with Crippen molar-refractivity contribution in [3.8, 4) is 11.3 Å². The topological polar surface area (TPSA) is 80.8 Å². The number of aromatic nitrogens is 4. The van der Waals surface area contributed by atoms with Crippen molar-refractivity contribution in [2.75, 3.05) is 23.7 Å². The normalized spacial score (nSPS) is 10.3. The Morgan fingerprint density at radius 3 is 2.39 bits per heavy atom. The van der Waals surface area contributed by atoms with Gasteiger partial charge in [-0.25, -0.2) is 15.0 Å². The number of nitrogens with two attached hydrogens (primary N) is 1. The highest BCUT2D eigenvalue weighted by molar-refractivity contribution is 5.62. The van der Waals surface area contributed by atoms with Crippen molar-refractivity contribution >= 4 is 11.8 Å². The number of anilines is 2. The van der Waals surface area contributed by atoms with Crippen LogP contribution in [0.3, 0.4) is 0 Å². The maximum absolute atomic E-state index is 5.75. The van der Waals surface area contributed by atoms with Gasteiger partial charge in [-0.2, -0.15) is 4.98 Å². The van der Waals surface area contributed by atoms with Crippen LogP contribution in [0.2, 0.25) is 0 Å². The summed E-state index contributed by atoms with van der Waals surface area (Å²) in [7, 11) is 0. The van der Waals surface area contributed by atoms with Gasteiger partial charge in [0, 0.05) is 37.1 Å². The Hall–Kier alpha value is -2.24. The van der Waals surface area contributed by atoms with E-state index in [1.807, 2.05) is 6.07 Å². The number of rotatable bonds is 4. The van der Waals surface area contributed by atoms with Crippen LogP contribution in [0.4, 0.5) is 11.8 Å². The first kappa shape index (κ1) is 12.2. The van der Waals surface area contributed by atoms with Gasteiger partial charge in [-0.15, -0.1) is 0 Å². The van der Waals surface area contributed by atoms with E-state index in [4.69, 9.17) is 5.73 Å². The van der Waals surface area contributed by atoms with E-state index in [-0.39, 0.29) is 5.95 Å². The van der Waals surface area contributed by atoms with Crippen molar-refractivity contribution in [2.45, 2.75) is 13.8 Å². The van der Waals surface area contributed by atoms with Crippen molar-refractivity contribution < 1.29 is 0 Å². The molecule has 0 spiro atoms. The third kappa shape index (κ3) is 2.53. The van der Waals surface area contributed by atoms with Crippen LogP contribution in [0.15, 0.2) is 24.8 Å². The minimum absolute atomic E-state index is 0.262. The molecule has 2 aromatic heterocycles. The van der Waals surface area contributed by atoms with E-state index in [9.17, 15) is 0 Å². The van der Waals surface area contributed by atoms with Gasteiger partial charge in [0.2, 0.25) is 5.95 Å². The quantitative estimate of drug-likeness (QED) is 0.874. The van der Waals surface area contributed by atoms with E-state index in [0.717, 1.165) is 30.2 Å². The van der Waals surface area contributed by atoms with Gasteiger partial charge in [0.15, 0.2) is 0 Å². The van der Waals surface area contributed by atoms with Crippen molar-refractivity contribution in [1.82, 2.24) is 19.9 Å². The second kappa shape index (κ2) is 5.39. The first-order valence-electron chi connectivity index (χ1n) is 5.89. The summed E-state index contributed by atoms with van der Waals surface area (Å²) in [6.07, 6.45) is 4.90. The average molecular weight is 244 g/mol. The number of hydrogen-bond acceptors (Lipinski definition) is 6. The maximum atomic E-state index is 5.75. The third-order valence-electron chi connectivity index (χ3n) is 2.67. The second-order valence-corrected chi connectivity index (χ2v) is 3.77. The van der Waals surface area contributed by atoms with Gasteiger partial charge < -0.3 is 10.6 Å². The molecule has 0 radical (unpaired) electrons. The highest BCUT2D eigenvalue weighted by atomic mass is 15.2. The molecule has 0 saturated carbocycles. The molecular weight excluding hydrogens is 228 g/mol. The second-order valence-electron chi connectivity index (χ2n) is 3.77. The molecular formula is C12H16N6. The van der Waals surface area contributed by atoms with Crippen LogP contribution >= 0.6 is 0 Å². The molecule has 0 bridgehead atoms. The fourth-order valence-electron chi connectivity index (χ4n) is 1.74. The first-order valence-corrected chi connectivity index (χ1v) is 5.89. The van der Waals surface area contributed by atoms with Gasteiger partial charge in [-0.3, -0.25) is 0 Å². The molecule has 0 aliphatic carbocycles. The average Bonchev–Trinajstić information content (AvgIpc) is 2.40. The van der Waals surface area contributed by atoms with Crippen molar-refractivity contribution in [2.24, 2.45) is 0 Å². The number of hydrogen-bond donors (Lipinski definition) is 1. The summed E-state index contributed by atoms with van der Waals surface area (Å²) in [4.78, 5) is 18.5. The van der Waals surface area contributed by atoms with Crippen LogP contribution in [0.25, 0.3) is 11.3 Å². The van der Waals surface area contributed by atoms with Crippen molar-refractivity contribution in [3.63, 3.8) is 0 Å². The third-order valence-corrected chi connectivity index (χ3v) is 2.67. The van der Waals surface area contributed by atoms with E-state index < -0.39 is 0 Å². The molecule has 0 atom stereocenters. The summed E-state index contributed by atoms with van der Waals surface area (Å²) in [6.45, 7) is 5.90. The summed E-state index contributed by atoms with van der Waals surface area (Å²) < 4.78 is 0. The summed E-state index contributed by atoms with van der Waals surface area (Å²) in [5.41, 5.74) is 7.33. The van der Waals surface area contributed by atoms with Crippen LogP contribution in [0, 0.1) is 0 Å². The van der Waals surface area contributed by atoms with Gasteiger partial charge in [0.1, 0.15) is 12.1 Å². The maximum Gasteiger partial charge on any atom is 0.222 e. The SMILES string of the molecule is CCN(CC)c1cc(-c2cncnc2)nc(N)n1. The Bertz CT molecular complexity index is 509. The Labute approximate surface area is 106 Å². The predicted octanol–water partition coefficient (Wildman–Crippen LogP) is 1.36. The molecule has 2 aromatic rings. The fraction of sp³-hybridized carbons (Fsp3) is 0.333. The zero-order valence-corrected chi connectivity index (χ0v) is 10.5. The summed E-state index contributed by atoms with van der Waals surface area (Å²) in [5.74, 6) is 1.09. The van der Waals surface area contributed by atoms with Crippen LogP contribution in [-0.4, -0.2) is 33.0 Å². The van der Waals surface area contributed by atoms with Gasteiger partial charge in [0.25, 0.3) is 0 Å². The molecule has 0 aromatic carbocycles. The number of nitrogens with zero attached hydrogens (tertiary/aromatic N) is 5. The zero-order valence-electron chi connectivity index (χ0n) is 10.5. The van der Waals surface area contributed by atoms with Gasteiger partial charge in [-0.05, 0) is 13.8 Å². The molecule has 0 amide bonds. The molecule has 2 heterocycles. The minimum atomic E-state index is 0.262. The molecule has 6 nitrogen and oxygen atoms in total. The summed E-state index contributed by atoms with van der Waals surface area (Å²) >= 11 is 0. The standard InChI is InChI=1S/C12H16N6/c1-3-18(4-2)11-5-10(16-12(13)17-11)9-6-14-8-15-7-9/h5-8H,3-4H2,1-2H3,(H2,13,16,17). The molecule has 0 saturated heterocycles. The molecule has 0 aliphatic heterocycles. The molecule has 2 N–H and O–H groups in total. The summed E-state index contributed by atoms with van der Waals surface area (Å²) in [5, 5.41) is 0. The molecule has 94 valence electrons. The Morgan fingerprint density at radius 2 is 1.78 bits per heavy atom. The molecule has 0 aliphatic rings. The van der Waals surface area contributed by atoms with E-state index >= 15 is 0 Å². The molecule has 0 unspecified atom stereocenters. The van der Waals surface area contributed by atoms with Crippen LogP contribution < -0.4 is 10.6 Å². The van der Waals surface area contributed by atoms with E-state index in [2.05, 4.69) is 38.7 Å². The van der Waals surface area contributed by atoms with Gasteiger partial charge >= 0.3 is 0 Å². The molecule has 0 fully saturated rings. The fourth-order valence-corrected chi connectivity index (χ4v) is 1.74. The van der Waals surface area contributed by atoms with Crippen LogP contribution in [0.5, 0.6) is 0 Å². The lowest BCUT2D eigenvalue weighted by Crippen LogP contribution is -2.23. The number of nitrogen functional groups attached to an aromatic ring is 1. The summed E-state index contributed by atoms with van der Waals surface area (Å²) in [6, 6.07) is 1.90. The highest BCUT2D eigenvalue weighted by Gasteiger charge is 2.09. The van der Waals surface area contributed by atoms with E-state index in [1.54, 1.807) is 12.4 Å². The smallest absolute Gasteiger partial charge is 0.222 e. The predicted molar refractivity (Wildman–Crippen MR) is 71.0 cm³/mol. The monoisotopic (exact) mass is 244 g/mol. The largest absolute Gasteiger partial charge is 0.368 e. The molecule has 6 heteroatoms. The first-order chi connectivity index (χ1) is 8.74. The van der Waals surface area contributed by atoms with E-state index in [0.29, 0.717) is 0 Å². The Balaban J connectivity index is 2.44. The van der Waals surface area contributed by atoms with Crippen molar-refractivity contribution in [1.29, 1.82) is 0 Å². The van der Waals surface area contributed by atoms with Crippen molar-refractivity contribution in [3.05, 3.63) is 24.8 Å². The molecule has 18 heavy (non-hydrogen) atoms. The molecule has 2 rings (SSSR count). The van der Waals surface area contributed by atoms with Gasteiger partial charge in [-0.1, -0.05) is 0 Å². The minimum Gasteiger partial charge on any atom is -0.368 e. The lowest BCUT2D eigenvalue weighted by molar-refractivity contribution is 0.844. The Morgan fingerprint density at radius 1 is 1.11 bits per heavy atom. The van der Waals surface area contributed by atoms with Crippen LogP contribution in [-0.2, 0) is 0 Å². The van der Waals surface area contributed by atoms with Crippen LogP contribution in [0.1, 0.15) is 13.8 Å². The van der Waals surface area contributed by atoms with Gasteiger partial charge in [0.05, 0.1) is 5.69 Å². The zero-order chi connectivity index (χ0) is 13.0. The highest BCUT2D eigenvalue weighted by Crippen LogP contribution is 2.21.